The van der Waals surface area contributed by atoms with E-state index in [-0.39, 0.29) is 5.46 Å². The van der Waals surface area contributed by atoms with Crippen LogP contribution in [0.5, 0.6) is 5.75 Å². The summed E-state index contributed by atoms with van der Waals surface area (Å²) in [6.07, 6.45) is -1.61. The van der Waals surface area contributed by atoms with Crippen LogP contribution < -0.4 is 15.1 Å². The van der Waals surface area contributed by atoms with E-state index in [9.17, 15) is 28.4 Å². The number of aromatic nitrogens is 1. The number of hydrogen-bond donors (Lipinski definition) is 2. The highest BCUT2D eigenvalue weighted by Crippen LogP contribution is 2.29. The lowest BCUT2D eigenvalue weighted by molar-refractivity contribution is -0.0498. The van der Waals surface area contributed by atoms with Gasteiger partial charge in [0.2, 0.25) is 0 Å². The molecular formula is C16H23BF2N2O7. The molecule has 9 nitrogen and oxygen atoms in total. The quantitative estimate of drug-likeness (QED) is 0.732. The highest BCUT2D eigenvalue weighted by atomic mass is 19.3. The van der Waals surface area contributed by atoms with Gasteiger partial charge >= 0.3 is 25.9 Å². The van der Waals surface area contributed by atoms with Crippen LogP contribution in [0.3, 0.4) is 0 Å². The first kappa shape index (κ1) is 23.6. The van der Waals surface area contributed by atoms with Crippen LogP contribution in [0.15, 0.2) is 12.3 Å². The maximum Gasteiger partial charge on any atom is 0.490 e. The number of amides is 2. The zero-order valence-corrected chi connectivity index (χ0v) is 16.4. The van der Waals surface area contributed by atoms with Gasteiger partial charge in [0, 0.05) is 11.7 Å². The maximum absolute atomic E-state index is 12.8. The Morgan fingerprint density at radius 2 is 1.54 bits per heavy atom. The van der Waals surface area contributed by atoms with Crippen molar-refractivity contribution in [1.29, 1.82) is 0 Å². The topological polar surface area (TPSA) is 118 Å². The summed E-state index contributed by atoms with van der Waals surface area (Å²) in [5.41, 5.74) is -2.35. The lowest BCUT2D eigenvalue weighted by Gasteiger charge is -2.28. The summed E-state index contributed by atoms with van der Waals surface area (Å²) in [6, 6.07) is 0.806. The molecule has 0 unspecified atom stereocenters. The van der Waals surface area contributed by atoms with Gasteiger partial charge in [-0.1, -0.05) is 0 Å². The van der Waals surface area contributed by atoms with Gasteiger partial charge in [-0.25, -0.2) is 14.6 Å². The number of ether oxygens (including phenoxy) is 3. The molecule has 0 radical (unpaired) electrons. The zero-order chi connectivity index (χ0) is 21.9. The molecule has 0 aromatic carbocycles. The van der Waals surface area contributed by atoms with Crippen molar-refractivity contribution in [3.8, 4) is 5.75 Å². The van der Waals surface area contributed by atoms with E-state index in [1.165, 1.54) is 41.5 Å². The van der Waals surface area contributed by atoms with E-state index in [1.807, 2.05) is 0 Å². The fraction of sp³-hybridized carbons (Fsp3) is 0.562. The van der Waals surface area contributed by atoms with Gasteiger partial charge in [0.25, 0.3) is 0 Å². The molecule has 1 aromatic rings. The van der Waals surface area contributed by atoms with Crippen LogP contribution in [0.25, 0.3) is 0 Å². The van der Waals surface area contributed by atoms with Crippen molar-refractivity contribution in [3.63, 3.8) is 0 Å². The smallest absolute Gasteiger partial charge is 0.443 e. The van der Waals surface area contributed by atoms with Crippen LogP contribution in [0, 0.1) is 0 Å². The second kappa shape index (κ2) is 8.69. The minimum Gasteiger partial charge on any atom is -0.443 e. The maximum atomic E-state index is 12.8. The van der Waals surface area contributed by atoms with Gasteiger partial charge in [0.05, 0.1) is 0 Å². The molecule has 1 aromatic heterocycles. The van der Waals surface area contributed by atoms with Crippen LogP contribution >= 0.6 is 0 Å². The van der Waals surface area contributed by atoms with Crippen molar-refractivity contribution >= 4 is 30.6 Å². The molecule has 0 saturated heterocycles. The predicted octanol–water partition coefficient (Wildman–Crippen LogP) is 2.04. The number of imide groups is 1. The SMILES string of the molecule is CC(C)(C)OC(=O)N(C(=O)OC(C)(C)C)c1ncc(B(O)O)cc1OC(F)F. The van der Waals surface area contributed by atoms with Crippen LogP contribution in [0.4, 0.5) is 24.2 Å². The average Bonchev–Trinajstić information content (AvgIpc) is 2.44. The Morgan fingerprint density at radius 1 is 1.07 bits per heavy atom. The number of nitrogens with zero attached hydrogens (tertiary/aromatic N) is 2. The number of carbonyl (C=O) groups is 2. The summed E-state index contributed by atoms with van der Waals surface area (Å²) in [7, 11) is -2.04. The summed E-state index contributed by atoms with van der Waals surface area (Å²) in [4.78, 5) is 29.1. The molecule has 0 fully saturated rings. The molecule has 156 valence electrons. The standard InChI is InChI=1S/C16H23BF2N2O7/c1-15(2,3)27-13(22)21(14(23)28-16(4,5)6)11-10(26-12(18)19)7-9(8-20-11)17(24)25/h7-8,12,24-25H,1-6H3. The van der Waals surface area contributed by atoms with E-state index >= 15 is 0 Å². The Labute approximate surface area is 161 Å². The van der Waals surface area contributed by atoms with E-state index in [4.69, 9.17) is 9.47 Å². The highest BCUT2D eigenvalue weighted by molar-refractivity contribution is 6.58. The molecule has 0 spiro atoms. The van der Waals surface area contributed by atoms with Crippen LogP contribution in [-0.2, 0) is 9.47 Å². The van der Waals surface area contributed by atoms with Gasteiger partial charge in [-0.05, 0) is 47.6 Å². The summed E-state index contributed by atoms with van der Waals surface area (Å²) in [5, 5.41) is 18.4. The molecule has 0 bridgehead atoms. The van der Waals surface area contributed by atoms with Gasteiger partial charge < -0.3 is 24.3 Å². The summed E-state index contributed by atoms with van der Waals surface area (Å²) in [6.45, 7) is 5.87. The van der Waals surface area contributed by atoms with Gasteiger partial charge in [-0.2, -0.15) is 13.7 Å². The number of pyridine rings is 1. The van der Waals surface area contributed by atoms with Crippen molar-refractivity contribution in [3.05, 3.63) is 12.3 Å². The number of carbonyl (C=O) groups excluding carboxylic acids is 2. The van der Waals surface area contributed by atoms with Gasteiger partial charge in [0.1, 0.15) is 11.2 Å². The Hall–Kier alpha value is -2.47. The normalized spacial score (nSPS) is 11.8. The first-order chi connectivity index (χ1) is 12.6. The van der Waals surface area contributed by atoms with Gasteiger partial charge in [0.15, 0.2) is 11.6 Å². The highest BCUT2D eigenvalue weighted by Gasteiger charge is 2.36. The van der Waals surface area contributed by atoms with Crippen LogP contribution in [0.1, 0.15) is 41.5 Å². The second-order valence-electron chi connectivity index (χ2n) is 7.64. The third kappa shape index (κ3) is 7.27. The monoisotopic (exact) mass is 404 g/mol. The predicted molar refractivity (Wildman–Crippen MR) is 95.6 cm³/mol. The minimum atomic E-state index is -3.34. The molecule has 2 amide bonds. The van der Waals surface area contributed by atoms with Crippen LogP contribution in [0.2, 0.25) is 0 Å². The molecule has 0 saturated carbocycles. The van der Waals surface area contributed by atoms with E-state index in [0.29, 0.717) is 4.90 Å². The van der Waals surface area contributed by atoms with E-state index < -0.39 is 48.7 Å². The van der Waals surface area contributed by atoms with E-state index in [0.717, 1.165) is 12.3 Å². The van der Waals surface area contributed by atoms with Crippen molar-refractivity contribution in [2.75, 3.05) is 4.90 Å². The van der Waals surface area contributed by atoms with Crippen LogP contribution in [-0.4, -0.2) is 52.2 Å². The molecule has 0 aliphatic rings. The first-order valence-electron chi connectivity index (χ1n) is 8.17. The molecule has 0 atom stereocenters. The Balaban J connectivity index is 3.50. The third-order valence-corrected chi connectivity index (χ3v) is 2.73. The zero-order valence-electron chi connectivity index (χ0n) is 16.4. The lowest BCUT2D eigenvalue weighted by Crippen LogP contribution is -2.44. The third-order valence-electron chi connectivity index (χ3n) is 2.73. The number of alkyl halides is 2. The van der Waals surface area contributed by atoms with Gasteiger partial charge in [-0.15, -0.1) is 0 Å². The molecule has 28 heavy (non-hydrogen) atoms. The molecule has 0 aliphatic heterocycles. The molecular weight excluding hydrogens is 381 g/mol. The van der Waals surface area contributed by atoms with Gasteiger partial charge in [-0.3, -0.25) is 0 Å². The fourth-order valence-corrected chi connectivity index (χ4v) is 1.81. The molecule has 1 heterocycles. The number of anilines is 1. The summed E-state index contributed by atoms with van der Waals surface area (Å²) in [5.74, 6) is -1.41. The Morgan fingerprint density at radius 3 is 1.89 bits per heavy atom. The van der Waals surface area contributed by atoms with Crippen molar-refractivity contribution in [2.24, 2.45) is 0 Å². The number of hydrogen-bond acceptors (Lipinski definition) is 8. The molecule has 2 N–H and O–H groups in total. The number of halogens is 2. The average molecular weight is 404 g/mol. The second-order valence-corrected chi connectivity index (χ2v) is 7.64. The largest absolute Gasteiger partial charge is 0.490 e. The van der Waals surface area contributed by atoms with Crippen molar-refractivity contribution in [1.82, 2.24) is 4.98 Å². The molecule has 1 rings (SSSR count). The molecule has 0 aliphatic carbocycles. The lowest BCUT2D eigenvalue weighted by atomic mass is 9.81. The molecule has 12 heteroatoms. The summed E-state index contributed by atoms with van der Waals surface area (Å²) < 4.78 is 40.2. The minimum absolute atomic E-state index is 0.293. The Bertz CT molecular complexity index is 690. The van der Waals surface area contributed by atoms with Crippen molar-refractivity contribution < 1.29 is 42.6 Å². The Kier molecular flexibility index (Phi) is 7.32. The fourth-order valence-electron chi connectivity index (χ4n) is 1.81. The van der Waals surface area contributed by atoms with Crippen molar-refractivity contribution in [2.45, 2.75) is 59.4 Å². The summed E-state index contributed by atoms with van der Waals surface area (Å²) >= 11 is 0. The first-order valence-corrected chi connectivity index (χ1v) is 8.17. The van der Waals surface area contributed by atoms with E-state index in [2.05, 4.69) is 9.72 Å². The van der Waals surface area contributed by atoms with E-state index in [1.54, 1.807) is 0 Å². The number of rotatable bonds is 4.